The molecule has 0 aromatic heterocycles. The van der Waals surface area contributed by atoms with Crippen LogP contribution >= 0.6 is 11.6 Å². The molecular weight excluding hydrogens is 238 g/mol. The molecule has 1 aromatic carbocycles. The summed E-state index contributed by atoms with van der Waals surface area (Å²) in [6.07, 6.45) is 0. The maximum Gasteiger partial charge on any atom is 0.142 e. The maximum atomic E-state index is 13.5. The molecule has 3 nitrogen and oxygen atoms in total. The second-order valence-electron chi connectivity index (χ2n) is 3.17. The van der Waals surface area contributed by atoms with E-state index in [1.54, 1.807) is 6.92 Å². The lowest BCUT2D eigenvalue weighted by atomic mass is 10.1. The van der Waals surface area contributed by atoms with E-state index in [9.17, 15) is 8.78 Å². The summed E-state index contributed by atoms with van der Waals surface area (Å²) in [5.74, 6) is 3.95. The van der Waals surface area contributed by atoms with E-state index >= 15 is 0 Å². The summed E-state index contributed by atoms with van der Waals surface area (Å²) >= 11 is 5.44. The number of rotatable bonds is 5. The van der Waals surface area contributed by atoms with Gasteiger partial charge in [0.25, 0.3) is 0 Å². The van der Waals surface area contributed by atoms with Crippen LogP contribution in [0.2, 0.25) is 5.02 Å². The molecule has 0 fully saturated rings. The summed E-state index contributed by atoms with van der Waals surface area (Å²) < 4.78 is 31.8. The first-order chi connectivity index (χ1) is 7.60. The van der Waals surface area contributed by atoms with Crippen LogP contribution in [-0.2, 0) is 4.74 Å². The predicted octanol–water partition coefficient (Wildman–Crippen LogP) is 2.16. The Labute approximate surface area is 97.5 Å². The van der Waals surface area contributed by atoms with Crippen LogP contribution in [0, 0.1) is 11.6 Å². The lowest BCUT2D eigenvalue weighted by Gasteiger charge is -2.17. The van der Waals surface area contributed by atoms with Gasteiger partial charge in [-0.3, -0.25) is 11.3 Å². The Bertz CT molecular complexity index is 363. The Hall–Kier alpha value is -0.750. The molecule has 0 saturated carbocycles. The molecule has 0 radical (unpaired) electrons. The van der Waals surface area contributed by atoms with Crippen molar-refractivity contribution in [3.05, 3.63) is 34.4 Å². The molecule has 3 N–H and O–H groups in total. The Balaban J connectivity index is 2.95. The van der Waals surface area contributed by atoms with Gasteiger partial charge in [0.2, 0.25) is 0 Å². The fraction of sp³-hybridized carbons (Fsp3) is 0.400. The standard InChI is InChI=1S/C10H13ClF2N2O/c1-2-16-5-10(15-14)6-3-9(13)7(11)4-8(6)12/h3-4,10,15H,2,5,14H2,1H3. The topological polar surface area (TPSA) is 47.3 Å². The first-order valence-corrected chi connectivity index (χ1v) is 5.16. The molecule has 0 amide bonds. The molecule has 0 aliphatic heterocycles. The highest BCUT2D eigenvalue weighted by atomic mass is 35.5. The van der Waals surface area contributed by atoms with Crippen molar-refractivity contribution in [1.82, 2.24) is 5.43 Å². The van der Waals surface area contributed by atoms with Crippen molar-refractivity contribution in [3.63, 3.8) is 0 Å². The number of ether oxygens (including phenoxy) is 1. The Morgan fingerprint density at radius 3 is 2.69 bits per heavy atom. The number of nitrogens with two attached hydrogens (primary N) is 1. The maximum absolute atomic E-state index is 13.5. The molecule has 1 atom stereocenters. The molecule has 1 unspecified atom stereocenters. The second-order valence-corrected chi connectivity index (χ2v) is 3.57. The van der Waals surface area contributed by atoms with Gasteiger partial charge in [0.15, 0.2) is 0 Å². The van der Waals surface area contributed by atoms with Crippen molar-refractivity contribution in [2.45, 2.75) is 13.0 Å². The number of benzene rings is 1. The van der Waals surface area contributed by atoms with Crippen LogP contribution in [0.5, 0.6) is 0 Å². The van der Waals surface area contributed by atoms with Crippen molar-refractivity contribution < 1.29 is 13.5 Å². The van der Waals surface area contributed by atoms with Gasteiger partial charge < -0.3 is 4.74 Å². The fourth-order valence-electron chi connectivity index (χ4n) is 1.27. The van der Waals surface area contributed by atoms with Gasteiger partial charge >= 0.3 is 0 Å². The summed E-state index contributed by atoms with van der Waals surface area (Å²) in [5, 5.41) is -0.256. The normalized spacial score (nSPS) is 12.8. The Morgan fingerprint density at radius 1 is 1.44 bits per heavy atom. The molecule has 1 rings (SSSR count). The molecule has 90 valence electrons. The number of hydrogen-bond donors (Lipinski definition) is 2. The predicted molar refractivity (Wildman–Crippen MR) is 57.9 cm³/mol. The molecular formula is C10H13ClF2N2O. The highest BCUT2D eigenvalue weighted by molar-refractivity contribution is 6.30. The van der Waals surface area contributed by atoms with Gasteiger partial charge in [-0.05, 0) is 19.1 Å². The minimum atomic E-state index is -0.685. The summed E-state index contributed by atoms with van der Waals surface area (Å²) in [6, 6.07) is 1.33. The average molecular weight is 251 g/mol. The summed E-state index contributed by atoms with van der Waals surface area (Å²) in [6.45, 7) is 2.42. The largest absolute Gasteiger partial charge is 0.380 e. The SMILES string of the molecule is CCOCC(NN)c1cc(F)c(Cl)cc1F. The van der Waals surface area contributed by atoms with E-state index < -0.39 is 17.7 Å². The Morgan fingerprint density at radius 2 is 2.12 bits per heavy atom. The van der Waals surface area contributed by atoms with Crippen molar-refractivity contribution in [3.8, 4) is 0 Å². The van der Waals surface area contributed by atoms with Gasteiger partial charge in [-0.1, -0.05) is 11.6 Å². The molecule has 16 heavy (non-hydrogen) atoms. The van der Waals surface area contributed by atoms with Crippen molar-refractivity contribution in [2.24, 2.45) is 5.84 Å². The number of hydrogen-bond acceptors (Lipinski definition) is 3. The van der Waals surface area contributed by atoms with Crippen LogP contribution in [-0.4, -0.2) is 13.2 Å². The van der Waals surface area contributed by atoms with E-state index in [2.05, 4.69) is 5.43 Å². The van der Waals surface area contributed by atoms with E-state index in [0.29, 0.717) is 6.61 Å². The van der Waals surface area contributed by atoms with Gasteiger partial charge in [-0.15, -0.1) is 0 Å². The van der Waals surface area contributed by atoms with Crippen LogP contribution in [0.25, 0.3) is 0 Å². The molecule has 6 heteroatoms. The second kappa shape index (κ2) is 6.10. The zero-order valence-corrected chi connectivity index (χ0v) is 9.52. The summed E-state index contributed by atoms with van der Waals surface area (Å²) in [5.41, 5.74) is 2.46. The zero-order valence-electron chi connectivity index (χ0n) is 8.77. The molecule has 0 aliphatic rings. The van der Waals surface area contributed by atoms with Gasteiger partial charge in [0, 0.05) is 12.2 Å². The van der Waals surface area contributed by atoms with Crippen LogP contribution in [0.4, 0.5) is 8.78 Å². The van der Waals surface area contributed by atoms with Crippen LogP contribution in [0.1, 0.15) is 18.5 Å². The average Bonchev–Trinajstić information content (AvgIpc) is 2.26. The van der Waals surface area contributed by atoms with Gasteiger partial charge in [0.05, 0.1) is 17.7 Å². The molecule has 0 saturated heterocycles. The number of nitrogens with one attached hydrogen (secondary N) is 1. The zero-order chi connectivity index (χ0) is 12.1. The monoisotopic (exact) mass is 250 g/mol. The molecule has 0 aliphatic carbocycles. The molecule has 0 spiro atoms. The molecule has 0 heterocycles. The van der Waals surface area contributed by atoms with Crippen molar-refractivity contribution in [1.29, 1.82) is 0 Å². The fourth-order valence-corrected chi connectivity index (χ4v) is 1.42. The van der Waals surface area contributed by atoms with E-state index in [4.69, 9.17) is 22.2 Å². The van der Waals surface area contributed by atoms with E-state index in [1.165, 1.54) is 0 Å². The van der Waals surface area contributed by atoms with Crippen LogP contribution in [0.15, 0.2) is 12.1 Å². The lowest BCUT2D eigenvalue weighted by molar-refractivity contribution is 0.122. The number of hydrazine groups is 1. The van der Waals surface area contributed by atoms with Gasteiger partial charge in [-0.2, -0.15) is 0 Å². The number of halogens is 3. The minimum absolute atomic E-state index is 0.0952. The minimum Gasteiger partial charge on any atom is -0.380 e. The van der Waals surface area contributed by atoms with Gasteiger partial charge in [0.1, 0.15) is 11.6 Å². The first kappa shape index (κ1) is 13.3. The first-order valence-electron chi connectivity index (χ1n) is 4.78. The molecule has 0 bridgehead atoms. The third-order valence-corrected chi connectivity index (χ3v) is 2.39. The van der Waals surface area contributed by atoms with Gasteiger partial charge in [-0.25, -0.2) is 8.78 Å². The Kier molecular flexibility index (Phi) is 5.08. The van der Waals surface area contributed by atoms with E-state index in [1.807, 2.05) is 0 Å². The summed E-state index contributed by atoms with van der Waals surface area (Å²) in [4.78, 5) is 0. The van der Waals surface area contributed by atoms with Crippen molar-refractivity contribution >= 4 is 11.6 Å². The highest BCUT2D eigenvalue weighted by Gasteiger charge is 2.17. The summed E-state index contributed by atoms with van der Waals surface area (Å²) in [7, 11) is 0. The van der Waals surface area contributed by atoms with Crippen LogP contribution in [0.3, 0.4) is 0 Å². The van der Waals surface area contributed by atoms with Crippen molar-refractivity contribution in [2.75, 3.05) is 13.2 Å². The van der Waals surface area contributed by atoms with E-state index in [-0.39, 0.29) is 17.2 Å². The lowest BCUT2D eigenvalue weighted by Crippen LogP contribution is -2.32. The highest BCUT2D eigenvalue weighted by Crippen LogP contribution is 2.23. The third-order valence-electron chi connectivity index (χ3n) is 2.10. The molecule has 1 aromatic rings. The smallest absolute Gasteiger partial charge is 0.142 e. The van der Waals surface area contributed by atoms with Crippen LogP contribution < -0.4 is 11.3 Å². The third kappa shape index (κ3) is 3.12. The van der Waals surface area contributed by atoms with E-state index in [0.717, 1.165) is 12.1 Å². The quantitative estimate of drug-likeness (QED) is 0.478.